The number of hydrogen-bond donors (Lipinski definition) is 0. The molecule has 0 aromatic carbocycles. The Morgan fingerprint density at radius 3 is 0.822 bits per heavy atom. The van der Waals surface area contributed by atoms with E-state index in [1.807, 2.05) is 0 Å². The van der Waals surface area contributed by atoms with Gasteiger partial charge < -0.3 is 14.2 Å². The van der Waals surface area contributed by atoms with Crippen LogP contribution in [0.4, 0.5) is 0 Å². The van der Waals surface area contributed by atoms with E-state index in [1.54, 1.807) is 0 Å². The molecule has 0 heterocycles. The second-order valence-corrected chi connectivity index (χ2v) is 21.0. The fraction of sp³-hybridized carbons (Fsp3) is 0.776. The molecule has 6 nitrogen and oxygen atoms in total. The number of allylic oxidation sites excluding steroid dienone is 12. The van der Waals surface area contributed by atoms with Crippen LogP contribution in [0.5, 0.6) is 0 Å². The third kappa shape index (κ3) is 59.6. The molecule has 0 aliphatic heterocycles. The minimum atomic E-state index is -0.796. The van der Waals surface area contributed by atoms with Gasteiger partial charge in [0.25, 0.3) is 0 Å². The van der Waals surface area contributed by atoms with Crippen molar-refractivity contribution in [3.63, 3.8) is 0 Å². The van der Waals surface area contributed by atoms with Crippen LogP contribution < -0.4 is 0 Å². The Morgan fingerprint density at radius 1 is 0.274 bits per heavy atom. The molecule has 0 saturated carbocycles. The van der Waals surface area contributed by atoms with Gasteiger partial charge in [0, 0.05) is 19.3 Å². The molecule has 422 valence electrons. The Kier molecular flexibility index (Phi) is 58.7. The van der Waals surface area contributed by atoms with Crippen LogP contribution in [0.15, 0.2) is 72.9 Å². The van der Waals surface area contributed by atoms with Gasteiger partial charge >= 0.3 is 17.9 Å². The molecule has 73 heavy (non-hydrogen) atoms. The van der Waals surface area contributed by atoms with Crippen molar-refractivity contribution < 1.29 is 28.6 Å². The number of esters is 3. The molecule has 6 heteroatoms. The molecule has 0 amide bonds. The molecule has 0 spiro atoms. The Balaban J connectivity index is 4.43. The summed E-state index contributed by atoms with van der Waals surface area (Å²) in [5.41, 5.74) is 0. The van der Waals surface area contributed by atoms with Gasteiger partial charge in [-0.25, -0.2) is 0 Å². The second kappa shape index (κ2) is 61.4. The first-order valence-electron chi connectivity index (χ1n) is 31.4. The van der Waals surface area contributed by atoms with Gasteiger partial charge in [0.1, 0.15) is 13.2 Å². The van der Waals surface area contributed by atoms with Gasteiger partial charge in [0.2, 0.25) is 0 Å². The maximum atomic E-state index is 12.9. The van der Waals surface area contributed by atoms with Gasteiger partial charge in [0.15, 0.2) is 6.10 Å². The molecule has 0 radical (unpaired) electrons. The van der Waals surface area contributed by atoms with Gasteiger partial charge in [-0.3, -0.25) is 14.4 Å². The number of ether oxygens (including phenoxy) is 3. The lowest BCUT2D eigenvalue weighted by Crippen LogP contribution is -2.30. The molecule has 0 aromatic heterocycles. The molecule has 0 fully saturated rings. The lowest BCUT2D eigenvalue weighted by Gasteiger charge is -2.18. The zero-order valence-electron chi connectivity index (χ0n) is 48.4. The zero-order valence-corrected chi connectivity index (χ0v) is 48.4. The summed E-state index contributed by atoms with van der Waals surface area (Å²) in [6.07, 6.45) is 78.9. The first-order valence-corrected chi connectivity index (χ1v) is 31.4. The number of hydrogen-bond acceptors (Lipinski definition) is 6. The van der Waals surface area contributed by atoms with Crippen molar-refractivity contribution in [2.24, 2.45) is 0 Å². The summed E-state index contributed by atoms with van der Waals surface area (Å²) in [5.74, 6) is -0.914. The van der Waals surface area contributed by atoms with Crippen molar-refractivity contribution in [3.8, 4) is 0 Å². The minimum Gasteiger partial charge on any atom is -0.462 e. The smallest absolute Gasteiger partial charge is 0.306 e. The number of carbonyl (C=O) groups excluding carboxylic acids is 3. The van der Waals surface area contributed by atoms with Gasteiger partial charge in [0.05, 0.1) is 0 Å². The quantitative estimate of drug-likeness (QED) is 0.0261. The maximum absolute atomic E-state index is 12.9. The van der Waals surface area contributed by atoms with Crippen molar-refractivity contribution in [3.05, 3.63) is 72.9 Å². The van der Waals surface area contributed by atoms with E-state index in [0.717, 1.165) is 83.5 Å². The van der Waals surface area contributed by atoms with Gasteiger partial charge in [-0.2, -0.15) is 0 Å². The fourth-order valence-electron chi connectivity index (χ4n) is 8.89. The summed E-state index contributed by atoms with van der Waals surface area (Å²) in [7, 11) is 0. The summed E-state index contributed by atoms with van der Waals surface area (Å²) in [4.78, 5) is 38.3. The largest absolute Gasteiger partial charge is 0.462 e. The highest BCUT2D eigenvalue weighted by atomic mass is 16.6. The van der Waals surface area contributed by atoms with Crippen LogP contribution in [-0.4, -0.2) is 37.2 Å². The van der Waals surface area contributed by atoms with Crippen LogP contribution in [0, 0.1) is 0 Å². The molecular weight excluding hydrogens is 901 g/mol. The van der Waals surface area contributed by atoms with Crippen molar-refractivity contribution in [1.29, 1.82) is 0 Å². The minimum absolute atomic E-state index is 0.0895. The number of unbranched alkanes of at least 4 members (excludes halogenated alkanes) is 34. The highest BCUT2D eigenvalue weighted by Crippen LogP contribution is 2.16. The summed E-state index contributed by atoms with van der Waals surface area (Å²) in [6, 6.07) is 0. The molecule has 0 aromatic rings. The monoisotopic (exact) mass is 1020 g/mol. The Morgan fingerprint density at radius 2 is 0.493 bits per heavy atom. The van der Waals surface area contributed by atoms with Crippen molar-refractivity contribution in [2.75, 3.05) is 13.2 Å². The molecule has 0 saturated heterocycles. The van der Waals surface area contributed by atoms with Crippen LogP contribution in [-0.2, 0) is 28.6 Å². The molecule has 0 rings (SSSR count). The highest BCUT2D eigenvalue weighted by Gasteiger charge is 2.19. The van der Waals surface area contributed by atoms with Gasteiger partial charge in [-0.05, 0) is 116 Å². The Labute approximate surface area is 453 Å². The van der Waals surface area contributed by atoms with Crippen LogP contribution in [0.3, 0.4) is 0 Å². The normalized spacial score (nSPS) is 12.5. The lowest BCUT2D eigenvalue weighted by atomic mass is 10.1. The predicted molar refractivity (Wildman–Crippen MR) is 316 cm³/mol. The topological polar surface area (TPSA) is 78.9 Å². The molecule has 0 aliphatic rings. The third-order valence-electron chi connectivity index (χ3n) is 13.7. The van der Waals surface area contributed by atoms with E-state index < -0.39 is 6.10 Å². The molecular formula is C67H118O6. The summed E-state index contributed by atoms with van der Waals surface area (Å²) >= 11 is 0. The standard InChI is InChI=1S/C67H118O6/c1-4-7-10-13-16-19-22-25-28-31-33-36-39-42-45-48-51-54-57-60-66(69)72-63-64(62-71-65(68)59-56-53-50-47-44-41-38-35-30-27-24-21-18-15-12-9-6-3)73-67(70)61-58-55-52-49-46-43-40-37-34-32-29-26-23-20-17-14-11-8-5-2/h17,20,25-30,34,37,43,46,64H,4-16,18-19,21-24,31-33,35-36,38-42,44-45,47-63H2,1-3H3/b20-17-,28-25-,29-26-,30-27-,37-34-,46-43-/t64-/m0/s1. The number of carbonyl (C=O) groups is 3. The number of rotatable bonds is 57. The maximum Gasteiger partial charge on any atom is 0.306 e. The first kappa shape index (κ1) is 69.8. The van der Waals surface area contributed by atoms with E-state index in [9.17, 15) is 14.4 Å². The van der Waals surface area contributed by atoms with Gasteiger partial charge in [-0.1, -0.05) is 254 Å². The fourth-order valence-corrected chi connectivity index (χ4v) is 8.89. The van der Waals surface area contributed by atoms with Gasteiger partial charge in [-0.15, -0.1) is 0 Å². The SMILES string of the molecule is CCCCC/C=C\C/C=C\C/C=C\C/C=C\CCCCCC(=O)O[C@@H](COC(=O)CCCCCCCCC/C=C\CCCCCCCC)COC(=O)CCCCCCCCCCC/C=C\CCCCCCCC. The molecule has 0 bridgehead atoms. The summed E-state index contributed by atoms with van der Waals surface area (Å²) < 4.78 is 16.9. The van der Waals surface area contributed by atoms with Crippen molar-refractivity contribution >= 4 is 17.9 Å². The van der Waals surface area contributed by atoms with Crippen LogP contribution in [0.1, 0.15) is 316 Å². The van der Waals surface area contributed by atoms with E-state index in [2.05, 4.69) is 93.7 Å². The average Bonchev–Trinajstić information content (AvgIpc) is 3.39. The Hall–Kier alpha value is -3.15. The van der Waals surface area contributed by atoms with Crippen LogP contribution >= 0.6 is 0 Å². The summed E-state index contributed by atoms with van der Waals surface area (Å²) in [5, 5.41) is 0. The zero-order chi connectivity index (χ0) is 52.9. The van der Waals surface area contributed by atoms with E-state index in [1.165, 1.54) is 193 Å². The lowest BCUT2D eigenvalue weighted by molar-refractivity contribution is -0.167. The Bertz CT molecular complexity index is 1360. The molecule has 0 unspecified atom stereocenters. The van der Waals surface area contributed by atoms with Crippen molar-refractivity contribution in [2.45, 2.75) is 322 Å². The first-order chi connectivity index (χ1) is 36.0. The van der Waals surface area contributed by atoms with Crippen LogP contribution in [0.25, 0.3) is 0 Å². The second-order valence-electron chi connectivity index (χ2n) is 21.0. The van der Waals surface area contributed by atoms with E-state index >= 15 is 0 Å². The van der Waals surface area contributed by atoms with Crippen LogP contribution in [0.2, 0.25) is 0 Å². The molecule has 1 atom stereocenters. The molecule has 0 aliphatic carbocycles. The van der Waals surface area contributed by atoms with E-state index in [4.69, 9.17) is 14.2 Å². The molecule has 0 N–H and O–H groups in total. The predicted octanol–water partition coefficient (Wildman–Crippen LogP) is 21.3. The highest BCUT2D eigenvalue weighted by molar-refractivity contribution is 5.71. The van der Waals surface area contributed by atoms with Crippen molar-refractivity contribution in [1.82, 2.24) is 0 Å². The summed E-state index contributed by atoms with van der Waals surface area (Å²) in [6.45, 7) is 6.61. The van der Waals surface area contributed by atoms with E-state index in [0.29, 0.717) is 19.3 Å². The third-order valence-corrected chi connectivity index (χ3v) is 13.7. The average molecular weight is 1020 g/mol. The van der Waals surface area contributed by atoms with E-state index in [-0.39, 0.29) is 31.1 Å².